The smallest absolute Gasteiger partial charge is 0.0967 e. The van der Waals surface area contributed by atoms with Gasteiger partial charge in [0.05, 0.1) is 5.34 Å². The fourth-order valence-electron chi connectivity index (χ4n) is 0. The van der Waals surface area contributed by atoms with Crippen LogP contribution in [0, 0.1) is 0 Å². The Hall–Kier alpha value is 0.930. The quantitative estimate of drug-likeness (QED) is 0.424. The van der Waals surface area contributed by atoms with Gasteiger partial charge in [0.15, 0.2) is 0 Å². The molecule has 0 spiro atoms. The number of hydrogen-bond donors (Lipinski definition) is 0. The van der Waals surface area contributed by atoms with Gasteiger partial charge in [0.2, 0.25) is 0 Å². The van der Waals surface area contributed by atoms with Crippen LogP contribution >= 0.6 is 36.7 Å². The molecule has 0 nitrogen and oxygen atoms in total. The topological polar surface area (TPSA) is 0 Å². The molecule has 0 bridgehead atoms. The molecule has 0 saturated heterocycles. The largest absolute Gasteiger partial charge is 0.197 e. The molecule has 0 aromatic carbocycles. The number of alkyl halides is 2. The second-order valence-electron chi connectivity index (χ2n) is 0.101. The molecule has 0 aromatic rings. The van der Waals surface area contributed by atoms with Gasteiger partial charge in [0.1, 0.15) is 0 Å². The molecule has 0 rings (SSSR count). The number of hydrogen-bond acceptors (Lipinski definition) is 0. The molecule has 3 heteroatoms. The molecule has 4 heavy (non-hydrogen) atoms. The maximum atomic E-state index is 4.76. The zero-order chi connectivity index (χ0) is 2.71. The maximum Gasteiger partial charge on any atom is 0.0967 e. The third-order valence-electron chi connectivity index (χ3n) is 0. The Balaban J connectivity index is 0. The van der Waals surface area contributed by atoms with Crippen LogP contribution in [0.4, 0.5) is 0 Å². The van der Waals surface area contributed by atoms with Crippen molar-refractivity contribution in [2.45, 2.75) is 0 Å². The van der Waals surface area contributed by atoms with Gasteiger partial charge in [-0.05, 0) is 0 Å². The summed E-state index contributed by atoms with van der Waals surface area (Å²) in [5.41, 5.74) is 0. The Morgan fingerprint density at radius 1 is 1.25 bits per heavy atom. The van der Waals surface area contributed by atoms with Crippen molar-refractivity contribution in [2.75, 3.05) is 5.34 Å². The molecule has 28 valence electrons. The Labute approximate surface area is 42.5 Å². The van der Waals surface area contributed by atoms with E-state index in [1.54, 1.807) is 0 Å². The third kappa shape index (κ3) is 12.6. The lowest BCUT2D eigenvalue weighted by Crippen LogP contribution is -1.24. The summed E-state index contributed by atoms with van der Waals surface area (Å²) in [5.74, 6) is 0. The molecule has 0 heterocycles. The van der Waals surface area contributed by atoms with Crippen molar-refractivity contribution in [3.63, 3.8) is 0 Å². The normalized spacial score (nSPS) is 4.50. The summed E-state index contributed by atoms with van der Waals surface area (Å²) in [5, 5.41) is 0.194. The predicted molar refractivity (Wildman–Crippen MR) is 27.0 cm³/mol. The highest BCUT2D eigenvalue weighted by atomic mass is 35.5. The van der Waals surface area contributed by atoms with Crippen LogP contribution in [0.5, 0.6) is 0 Å². The average Bonchev–Trinajstić information content (AvgIpc) is 0.918. The summed E-state index contributed by atoms with van der Waals surface area (Å²) in [4.78, 5) is 0. The van der Waals surface area contributed by atoms with Crippen LogP contribution in [0.15, 0.2) is 0 Å². The van der Waals surface area contributed by atoms with Crippen LogP contribution in [0.3, 0.4) is 0 Å². The second kappa shape index (κ2) is 9.06. The van der Waals surface area contributed by atoms with Crippen LogP contribution in [0.2, 0.25) is 0 Å². The molecule has 0 aliphatic heterocycles. The lowest BCUT2D eigenvalue weighted by Gasteiger charge is -1.42. The van der Waals surface area contributed by atoms with Gasteiger partial charge in [0, 0.05) is 0 Å². The molecule has 0 fully saturated rings. The molecule has 0 saturated carbocycles. The van der Waals surface area contributed by atoms with Crippen LogP contribution < -0.4 is 0 Å². The first-order chi connectivity index (χ1) is 1.41. The van der Waals surface area contributed by atoms with Gasteiger partial charge < -0.3 is 0 Å². The summed E-state index contributed by atoms with van der Waals surface area (Å²) in [6.07, 6.45) is 0. The van der Waals surface area contributed by atoms with E-state index < -0.39 is 0 Å². The first-order valence-electron chi connectivity index (χ1n) is 0.535. The van der Waals surface area contributed by atoms with Gasteiger partial charge in [-0.25, -0.2) is 0 Å². The third-order valence-corrected chi connectivity index (χ3v) is 0. The molecule has 0 atom stereocenters. The summed E-state index contributed by atoms with van der Waals surface area (Å²) in [6.45, 7) is 0. The molecule has 0 N–H and O–H groups in total. The standard InChI is InChI=1S/CH2Cl2.H2S/c2-1-3;/h1H2;1H2. The lowest BCUT2D eigenvalue weighted by atomic mass is 11.9. The average molecular weight is 119 g/mol. The predicted octanol–water partition coefficient (Wildman–Crippen LogP) is 1.53. The minimum absolute atomic E-state index is 0. The van der Waals surface area contributed by atoms with Crippen molar-refractivity contribution in [3.8, 4) is 0 Å². The Morgan fingerprint density at radius 2 is 1.25 bits per heavy atom. The first-order valence-corrected chi connectivity index (χ1v) is 1.60. The molecule has 0 amide bonds. The fraction of sp³-hybridized carbons (Fsp3) is 1.00. The molecule has 0 unspecified atom stereocenters. The second-order valence-corrected chi connectivity index (χ2v) is 0.909. The molecule has 0 aliphatic rings. The summed E-state index contributed by atoms with van der Waals surface area (Å²) in [7, 11) is 0. The van der Waals surface area contributed by atoms with Crippen molar-refractivity contribution >= 4 is 36.7 Å². The van der Waals surface area contributed by atoms with Gasteiger partial charge in [0.25, 0.3) is 0 Å². The molecule has 0 radical (unpaired) electrons. The SMILES string of the molecule is ClCCl.S. The highest BCUT2D eigenvalue weighted by Crippen LogP contribution is 1.73. The Morgan fingerprint density at radius 3 is 1.25 bits per heavy atom. The van der Waals surface area contributed by atoms with E-state index in [4.69, 9.17) is 23.2 Å². The summed E-state index contributed by atoms with van der Waals surface area (Å²) < 4.78 is 0. The highest BCUT2D eigenvalue weighted by Gasteiger charge is 1.41. The van der Waals surface area contributed by atoms with Crippen LogP contribution in [-0.2, 0) is 0 Å². The zero-order valence-electron chi connectivity index (χ0n) is 1.96. The van der Waals surface area contributed by atoms with E-state index in [2.05, 4.69) is 0 Å². The van der Waals surface area contributed by atoms with E-state index in [0.29, 0.717) is 0 Å². The molecule has 0 aliphatic carbocycles. The minimum Gasteiger partial charge on any atom is -0.197 e. The number of rotatable bonds is 0. The van der Waals surface area contributed by atoms with E-state index in [-0.39, 0.29) is 18.8 Å². The van der Waals surface area contributed by atoms with E-state index in [1.807, 2.05) is 0 Å². The van der Waals surface area contributed by atoms with E-state index in [0.717, 1.165) is 0 Å². The zero-order valence-corrected chi connectivity index (χ0v) is 4.47. The van der Waals surface area contributed by atoms with E-state index in [9.17, 15) is 0 Å². The minimum atomic E-state index is 0. The van der Waals surface area contributed by atoms with Crippen molar-refractivity contribution in [1.82, 2.24) is 0 Å². The van der Waals surface area contributed by atoms with Gasteiger partial charge in [-0.3, -0.25) is 0 Å². The van der Waals surface area contributed by atoms with Crippen LogP contribution in [0.25, 0.3) is 0 Å². The van der Waals surface area contributed by atoms with Crippen molar-refractivity contribution in [1.29, 1.82) is 0 Å². The first kappa shape index (κ1) is 8.87. The Bertz CT molecular complexity index is 6.00. The van der Waals surface area contributed by atoms with E-state index in [1.165, 1.54) is 0 Å². The molecular formula is CH4Cl2S. The van der Waals surface area contributed by atoms with Gasteiger partial charge in [-0.1, -0.05) is 0 Å². The lowest BCUT2D eigenvalue weighted by molar-refractivity contribution is 2.20. The van der Waals surface area contributed by atoms with Crippen LogP contribution in [0.1, 0.15) is 0 Å². The Kier molecular flexibility index (Phi) is 20.1. The molecule has 0 aromatic heterocycles. The number of halogens is 2. The monoisotopic (exact) mass is 118 g/mol. The maximum absolute atomic E-state index is 4.76. The van der Waals surface area contributed by atoms with Gasteiger partial charge in [-0.15, -0.1) is 23.2 Å². The fourth-order valence-corrected chi connectivity index (χ4v) is 0. The highest BCUT2D eigenvalue weighted by molar-refractivity contribution is 7.59. The van der Waals surface area contributed by atoms with Crippen molar-refractivity contribution in [3.05, 3.63) is 0 Å². The summed E-state index contributed by atoms with van der Waals surface area (Å²) in [6, 6.07) is 0. The van der Waals surface area contributed by atoms with Crippen molar-refractivity contribution in [2.24, 2.45) is 0 Å². The van der Waals surface area contributed by atoms with Crippen molar-refractivity contribution < 1.29 is 0 Å². The van der Waals surface area contributed by atoms with E-state index >= 15 is 0 Å². The van der Waals surface area contributed by atoms with Crippen LogP contribution in [-0.4, -0.2) is 5.34 Å². The summed E-state index contributed by atoms with van der Waals surface area (Å²) >= 11 is 9.53. The molecular weight excluding hydrogens is 115 g/mol. The van der Waals surface area contributed by atoms with Gasteiger partial charge in [-0.2, -0.15) is 13.5 Å². The van der Waals surface area contributed by atoms with Gasteiger partial charge >= 0.3 is 0 Å².